The lowest BCUT2D eigenvalue weighted by Crippen LogP contribution is -2.45. The third-order valence-corrected chi connectivity index (χ3v) is 4.25. The smallest absolute Gasteiger partial charge is 0.304 e. The van der Waals surface area contributed by atoms with E-state index in [-0.39, 0.29) is 6.04 Å². The molecule has 2 heterocycles. The van der Waals surface area contributed by atoms with Crippen LogP contribution in [0.4, 0.5) is 0 Å². The third-order valence-electron chi connectivity index (χ3n) is 4.25. The van der Waals surface area contributed by atoms with Crippen LogP contribution in [0.5, 0.6) is 0 Å². The highest BCUT2D eigenvalue weighted by atomic mass is 16.5. The predicted octanol–water partition coefficient (Wildman–Crippen LogP) is 2.27. The van der Waals surface area contributed by atoms with Gasteiger partial charge in [-0.05, 0) is 38.6 Å². The van der Waals surface area contributed by atoms with E-state index >= 15 is 0 Å². The molecule has 0 amide bonds. The van der Waals surface area contributed by atoms with Crippen molar-refractivity contribution in [2.24, 2.45) is 0 Å². The maximum Gasteiger partial charge on any atom is 0.304 e. The lowest BCUT2D eigenvalue weighted by Gasteiger charge is -2.38. The van der Waals surface area contributed by atoms with Crippen molar-refractivity contribution in [1.82, 2.24) is 4.90 Å². The van der Waals surface area contributed by atoms with Crippen LogP contribution in [-0.4, -0.2) is 47.3 Å². The van der Waals surface area contributed by atoms with Crippen LogP contribution in [-0.2, 0) is 9.53 Å². The molecular weight excluding hydrogens is 230 g/mol. The molecule has 2 saturated heterocycles. The average Bonchev–Trinajstić information content (AvgIpc) is 2.77. The van der Waals surface area contributed by atoms with Gasteiger partial charge in [0.2, 0.25) is 0 Å². The summed E-state index contributed by atoms with van der Waals surface area (Å²) in [7, 11) is 0. The maximum absolute atomic E-state index is 10.9. The molecular formula is C14H25NO3. The fourth-order valence-electron chi connectivity index (χ4n) is 3.44. The minimum atomic E-state index is -0.663. The summed E-state index contributed by atoms with van der Waals surface area (Å²) in [5.41, 5.74) is 0. The summed E-state index contributed by atoms with van der Waals surface area (Å²) in [6, 6.07) is 0.801. The molecule has 0 aromatic carbocycles. The number of likely N-dealkylation sites (tertiary alicyclic amines) is 1. The van der Waals surface area contributed by atoms with Gasteiger partial charge in [0.05, 0.1) is 12.5 Å². The second-order valence-electron chi connectivity index (χ2n) is 5.59. The summed E-state index contributed by atoms with van der Waals surface area (Å²) in [6.07, 6.45) is 7.33. The lowest BCUT2D eigenvalue weighted by atomic mass is 9.97. The minimum Gasteiger partial charge on any atom is -0.481 e. The molecule has 0 radical (unpaired) electrons. The number of aliphatic carboxylic acids is 1. The van der Waals surface area contributed by atoms with E-state index in [1.165, 1.54) is 0 Å². The highest BCUT2D eigenvalue weighted by molar-refractivity contribution is 5.67. The standard InChI is InChI=1S/C14H25NO3/c1-2-4-13-9-12(6-8-18-13)15-7-3-5-11(15)10-14(16)17/h11-13H,2-10H2,1H3,(H,16,17). The second kappa shape index (κ2) is 6.53. The van der Waals surface area contributed by atoms with Gasteiger partial charge in [0.1, 0.15) is 0 Å². The van der Waals surface area contributed by atoms with Crippen molar-refractivity contribution in [3.05, 3.63) is 0 Å². The van der Waals surface area contributed by atoms with Crippen LogP contribution in [0.1, 0.15) is 51.9 Å². The normalized spacial score (nSPS) is 33.7. The number of carboxylic acid groups (broad SMARTS) is 1. The number of ether oxygens (including phenoxy) is 1. The average molecular weight is 255 g/mol. The topological polar surface area (TPSA) is 49.8 Å². The van der Waals surface area contributed by atoms with Crippen molar-refractivity contribution < 1.29 is 14.6 Å². The second-order valence-corrected chi connectivity index (χ2v) is 5.59. The first-order valence-electron chi connectivity index (χ1n) is 7.29. The number of hydrogen-bond acceptors (Lipinski definition) is 3. The van der Waals surface area contributed by atoms with E-state index in [9.17, 15) is 4.79 Å². The molecule has 4 nitrogen and oxygen atoms in total. The van der Waals surface area contributed by atoms with Crippen molar-refractivity contribution in [3.8, 4) is 0 Å². The predicted molar refractivity (Wildman–Crippen MR) is 69.7 cm³/mol. The Bertz CT molecular complexity index is 280. The molecule has 4 heteroatoms. The third kappa shape index (κ3) is 3.45. The molecule has 3 atom stereocenters. The first kappa shape index (κ1) is 13.8. The van der Waals surface area contributed by atoms with E-state index < -0.39 is 5.97 Å². The van der Waals surface area contributed by atoms with Crippen molar-refractivity contribution >= 4 is 5.97 Å². The Morgan fingerprint density at radius 2 is 2.28 bits per heavy atom. The first-order valence-corrected chi connectivity index (χ1v) is 7.29. The summed E-state index contributed by atoms with van der Waals surface area (Å²) in [5, 5.41) is 8.97. The van der Waals surface area contributed by atoms with Gasteiger partial charge in [-0.25, -0.2) is 0 Å². The number of carboxylic acids is 1. The highest BCUT2D eigenvalue weighted by Gasteiger charge is 2.34. The highest BCUT2D eigenvalue weighted by Crippen LogP contribution is 2.29. The van der Waals surface area contributed by atoms with Crippen LogP contribution in [0.25, 0.3) is 0 Å². The van der Waals surface area contributed by atoms with Gasteiger partial charge in [-0.3, -0.25) is 9.69 Å². The van der Waals surface area contributed by atoms with E-state index in [2.05, 4.69) is 11.8 Å². The van der Waals surface area contributed by atoms with Crippen LogP contribution in [0, 0.1) is 0 Å². The van der Waals surface area contributed by atoms with Gasteiger partial charge >= 0.3 is 5.97 Å². The quantitative estimate of drug-likeness (QED) is 0.818. The van der Waals surface area contributed by atoms with E-state index in [0.29, 0.717) is 18.6 Å². The Balaban J connectivity index is 1.90. The molecule has 2 fully saturated rings. The Morgan fingerprint density at radius 1 is 1.44 bits per heavy atom. The Hall–Kier alpha value is -0.610. The van der Waals surface area contributed by atoms with Crippen molar-refractivity contribution in [3.63, 3.8) is 0 Å². The summed E-state index contributed by atoms with van der Waals surface area (Å²) in [6.45, 7) is 4.10. The largest absolute Gasteiger partial charge is 0.481 e. The van der Waals surface area contributed by atoms with Crippen molar-refractivity contribution in [2.45, 2.75) is 70.1 Å². The van der Waals surface area contributed by atoms with Gasteiger partial charge < -0.3 is 9.84 Å². The Morgan fingerprint density at radius 3 is 3.00 bits per heavy atom. The Labute approximate surface area is 109 Å². The molecule has 2 aliphatic rings. The van der Waals surface area contributed by atoms with Gasteiger partial charge in [0, 0.05) is 18.7 Å². The first-order chi connectivity index (χ1) is 8.70. The van der Waals surface area contributed by atoms with Gasteiger partial charge in [0.25, 0.3) is 0 Å². The van der Waals surface area contributed by atoms with Crippen LogP contribution in [0.3, 0.4) is 0 Å². The minimum absolute atomic E-state index is 0.257. The number of nitrogens with zero attached hydrogens (tertiary/aromatic N) is 1. The molecule has 0 aromatic heterocycles. The van der Waals surface area contributed by atoms with E-state index in [0.717, 1.165) is 51.7 Å². The van der Waals surface area contributed by atoms with Crippen LogP contribution < -0.4 is 0 Å². The molecule has 1 N–H and O–H groups in total. The van der Waals surface area contributed by atoms with Crippen LogP contribution >= 0.6 is 0 Å². The zero-order chi connectivity index (χ0) is 13.0. The lowest BCUT2D eigenvalue weighted by molar-refractivity contribution is -0.138. The van der Waals surface area contributed by atoms with Gasteiger partial charge in [0.15, 0.2) is 0 Å². The van der Waals surface area contributed by atoms with E-state index in [1.807, 2.05) is 0 Å². The number of hydrogen-bond donors (Lipinski definition) is 1. The molecule has 0 aliphatic carbocycles. The molecule has 2 rings (SSSR count). The molecule has 0 aromatic rings. The summed E-state index contributed by atoms with van der Waals surface area (Å²) < 4.78 is 5.78. The molecule has 2 aliphatic heterocycles. The van der Waals surface area contributed by atoms with Crippen molar-refractivity contribution in [1.29, 1.82) is 0 Å². The molecule has 0 spiro atoms. The molecule has 3 unspecified atom stereocenters. The molecule has 18 heavy (non-hydrogen) atoms. The van der Waals surface area contributed by atoms with Gasteiger partial charge in [-0.2, -0.15) is 0 Å². The summed E-state index contributed by atoms with van der Waals surface area (Å²) in [5.74, 6) is -0.663. The summed E-state index contributed by atoms with van der Waals surface area (Å²) in [4.78, 5) is 13.3. The fourth-order valence-corrected chi connectivity index (χ4v) is 3.44. The summed E-state index contributed by atoms with van der Waals surface area (Å²) >= 11 is 0. The zero-order valence-electron chi connectivity index (χ0n) is 11.3. The van der Waals surface area contributed by atoms with Crippen LogP contribution in [0.2, 0.25) is 0 Å². The van der Waals surface area contributed by atoms with Crippen molar-refractivity contribution in [2.75, 3.05) is 13.2 Å². The van der Waals surface area contributed by atoms with E-state index in [1.54, 1.807) is 0 Å². The SMILES string of the molecule is CCCC1CC(N2CCCC2CC(=O)O)CCO1. The number of rotatable bonds is 5. The Kier molecular flexibility index (Phi) is 5.01. The zero-order valence-corrected chi connectivity index (χ0v) is 11.3. The molecule has 0 saturated carbocycles. The number of carbonyl (C=O) groups is 1. The van der Waals surface area contributed by atoms with Gasteiger partial charge in [-0.1, -0.05) is 13.3 Å². The molecule has 104 valence electrons. The van der Waals surface area contributed by atoms with E-state index in [4.69, 9.17) is 9.84 Å². The van der Waals surface area contributed by atoms with Crippen LogP contribution in [0.15, 0.2) is 0 Å². The molecule has 0 bridgehead atoms. The van der Waals surface area contributed by atoms with Gasteiger partial charge in [-0.15, -0.1) is 0 Å². The fraction of sp³-hybridized carbons (Fsp3) is 0.929. The maximum atomic E-state index is 10.9. The monoisotopic (exact) mass is 255 g/mol.